The molecule has 3 heteroatoms. The Labute approximate surface area is 68.1 Å². The van der Waals surface area contributed by atoms with Crippen LogP contribution in [0.4, 0.5) is 0 Å². The van der Waals surface area contributed by atoms with Gasteiger partial charge in [-0.1, -0.05) is 36.4 Å². The maximum Gasteiger partial charge on any atom is 0.332 e. The summed E-state index contributed by atoms with van der Waals surface area (Å²) in [5.41, 5.74) is 0.468. The lowest BCUT2D eigenvalue weighted by molar-refractivity contribution is -0.133. The van der Waals surface area contributed by atoms with E-state index in [0.29, 0.717) is 5.57 Å². The Morgan fingerprint density at radius 3 is 2.11 bits per heavy atom. The van der Waals surface area contributed by atoms with Gasteiger partial charge in [0.1, 0.15) is 0 Å². The highest BCUT2D eigenvalue weighted by molar-refractivity contribution is 14.1. The van der Waals surface area contributed by atoms with Gasteiger partial charge in [0, 0.05) is 5.57 Å². The second-order valence-electron chi connectivity index (χ2n) is 2.02. The molecule has 0 saturated heterocycles. The summed E-state index contributed by atoms with van der Waals surface area (Å²) in [6, 6.07) is 0. The summed E-state index contributed by atoms with van der Waals surface area (Å²) in [4.78, 5) is 10.3. The number of carbonyl (C=O) groups is 1. The van der Waals surface area contributed by atoms with Gasteiger partial charge in [-0.15, -0.1) is 0 Å². The first-order valence-electron chi connectivity index (χ1n) is 2.63. The second-order valence-corrected chi connectivity index (χ2v) is 2.65. The molecule has 0 aliphatic heterocycles. The van der Waals surface area contributed by atoms with Crippen LogP contribution in [-0.4, -0.2) is 11.1 Å². The number of aliphatic carboxylic acids is 1. The Hall–Kier alpha value is -0.0600. The molecule has 0 fully saturated rings. The van der Waals surface area contributed by atoms with Crippen LogP contribution in [0.3, 0.4) is 0 Å². The molecule has 0 rings (SSSR count). The van der Waals surface area contributed by atoms with Crippen LogP contribution in [0.25, 0.3) is 0 Å². The molecule has 0 aliphatic rings. The molecule has 0 unspecified atom stereocenters. The van der Waals surface area contributed by atoms with Gasteiger partial charge in [-0.3, -0.25) is 0 Å². The molecule has 2 nitrogen and oxygen atoms in total. The van der Waals surface area contributed by atoms with Crippen LogP contribution in [0.1, 0.15) is 13.8 Å². The molecule has 0 bridgehead atoms. The zero-order valence-electron chi connectivity index (χ0n) is 5.39. The smallest absolute Gasteiger partial charge is 0.332 e. The van der Waals surface area contributed by atoms with E-state index < -0.39 is 5.97 Å². The molecule has 52 valence electrons. The van der Waals surface area contributed by atoms with Gasteiger partial charge in [-0.2, -0.15) is 0 Å². The highest BCUT2D eigenvalue weighted by Crippen LogP contribution is 2.11. The summed E-state index contributed by atoms with van der Waals surface area (Å²) in [6.45, 7) is 3.72. The lowest BCUT2D eigenvalue weighted by atomic mass is 10.1. The van der Waals surface area contributed by atoms with Gasteiger partial charge in [-0.05, 0) is 10.0 Å². The van der Waals surface area contributed by atoms with Crippen molar-refractivity contribution in [3.63, 3.8) is 0 Å². The maximum atomic E-state index is 10.3. The predicted molar refractivity (Wildman–Crippen MR) is 44.6 cm³/mol. The minimum atomic E-state index is -0.820. The number of rotatable bonds is 2. The Morgan fingerprint density at radius 2 is 2.11 bits per heavy atom. The van der Waals surface area contributed by atoms with Crippen LogP contribution in [0, 0.1) is 5.92 Å². The third-order valence-electron chi connectivity index (χ3n) is 0.987. The van der Waals surface area contributed by atoms with Crippen molar-refractivity contribution >= 4 is 28.6 Å². The summed E-state index contributed by atoms with van der Waals surface area (Å²) in [7, 11) is 0. The van der Waals surface area contributed by atoms with E-state index in [-0.39, 0.29) is 5.92 Å². The van der Waals surface area contributed by atoms with Crippen molar-refractivity contribution in [2.45, 2.75) is 13.8 Å². The minimum Gasteiger partial charge on any atom is -0.478 e. The summed E-state index contributed by atoms with van der Waals surface area (Å²) in [6.07, 6.45) is 0. The Bertz CT molecular complexity index is 138. The summed E-state index contributed by atoms with van der Waals surface area (Å²) >= 11 is 1.94. The van der Waals surface area contributed by atoms with Crippen LogP contribution < -0.4 is 0 Å². The number of hydrogen-bond donors (Lipinski definition) is 1. The van der Waals surface area contributed by atoms with Gasteiger partial charge in [0.2, 0.25) is 0 Å². The van der Waals surface area contributed by atoms with Crippen molar-refractivity contribution in [2.75, 3.05) is 0 Å². The van der Waals surface area contributed by atoms with Crippen molar-refractivity contribution in [1.82, 2.24) is 0 Å². The van der Waals surface area contributed by atoms with Crippen molar-refractivity contribution in [3.8, 4) is 0 Å². The molecule has 0 atom stereocenters. The fourth-order valence-corrected chi connectivity index (χ4v) is 1.41. The largest absolute Gasteiger partial charge is 0.478 e. The van der Waals surface area contributed by atoms with Gasteiger partial charge >= 0.3 is 5.97 Å². The van der Waals surface area contributed by atoms with E-state index in [4.69, 9.17) is 5.11 Å². The predicted octanol–water partition coefficient (Wildman–Crippen LogP) is 2.05. The molecule has 1 N–H and O–H groups in total. The van der Waals surface area contributed by atoms with Crippen molar-refractivity contribution < 1.29 is 9.90 Å². The number of carboxylic acid groups (broad SMARTS) is 1. The fourth-order valence-electron chi connectivity index (χ4n) is 0.420. The normalized spacial score (nSPS) is 12.2. The van der Waals surface area contributed by atoms with E-state index in [1.165, 1.54) is 0 Å². The first-order valence-corrected chi connectivity index (χ1v) is 3.87. The number of hydrogen-bond acceptors (Lipinski definition) is 1. The molecule has 9 heavy (non-hydrogen) atoms. The van der Waals surface area contributed by atoms with Crippen molar-refractivity contribution in [1.29, 1.82) is 0 Å². The Morgan fingerprint density at radius 1 is 1.67 bits per heavy atom. The third kappa shape index (κ3) is 2.84. The van der Waals surface area contributed by atoms with E-state index in [2.05, 4.69) is 0 Å². The van der Waals surface area contributed by atoms with E-state index in [1.807, 2.05) is 36.4 Å². The van der Waals surface area contributed by atoms with Crippen LogP contribution in [0.15, 0.2) is 9.66 Å². The molecule has 0 aromatic heterocycles. The lowest BCUT2D eigenvalue weighted by Crippen LogP contribution is -2.05. The molecule has 0 radical (unpaired) electrons. The lowest BCUT2D eigenvalue weighted by Gasteiger charge is -2.01. The summed E-state index contributed by atoms with van der Waals surface area (Å²) < 4.78 is 1.60. The van der Waals surface area contributed by atoms with Gasteiger partial charge in [-0.25, -0.2) is 4.79 Å². The zero-order valence-corrected chi connectivity index (χ0v) is 7.55. The van der Waals surface area contributed by atoms with Crippen molar-refractivity contribution in [3.05, 3.63) is 9.66 Å². The van der Waals surface area contributed by atoms with Crippen molar-refractivity contribution in [2.24, 2.45) is 5.92 Å². The van der Waals surface area contributed by atoms with Gasteiger partial charge in [0.15, 0.2) is 0 Å². The molecular formula is C6H9IO2. The molecule has 0 amide bonds. The van der Waals surface area contributed by atoms with Gasteiger partial charge in [0.05, 0.1) is 0 Å². The summed E-state index contributed by atoms with van der Waals surface area (Å²) in [5, 5.41) is 8.47. The zero-order chi connectivity index (χ0) is 7.44. The quantitative estimate of drug-likeness (QED) is 0.592. The van der Waals surface area contributed by atoms with Crippen LogP contribution >= 0.6 is 22.6 Å². The monoisotopic (exact) mass is 240 g/mol. The second kappa shape index (κ2) is 3.87. The standard InChI is InChI=1S/C6H9IO2/c1-4(2)5(3-7)6(8)9/h3-4H,1-2H3,(H,8,9). The van der Waals surface area contributed by atoms with Crippen LogP contribution in [0.2, 0.25) is 0 Å². The molecule has 0 aliphatic carbocycles. The molecule has 0 aromatic carbocycles. The van der Waals surface area contributed by atoms with E-state index in [1.54, 1.807) is 4.08 Å². The number of halogens is 1. The maximum absolute atomic E-state index is 10.3. The first-order chi connectivity index (χ1) is 4.09. The molecule has 0 aromatic rings. The van der Waals surface area contributed by atoms with Gasteiger partial charge < -0.3 is 5.11 Å². The Kier molecular flexibility index (Phi) is 3.84. The average Bonchev–Trinajstić information content (AvgIpc) is 1.64. The molecule has 0 spiro atoms. The SMILES string of the molecule is CC(C)C(=CI)C(=O)O. The number of carboxylic acids is 1. The first kappa shape index (κ1) is 8.94. The fraction of sp³-hybridized carbons (Fsp3) is 0.500. The van der Waals surface area contributed by atoms with Crippen LogP contribution in [0.5, 0.6) is 0 Å². The molecule has 0 heterocycles. The summed E-state index contributed by atoms with van der Waals surface area (Å²) in [5.74, 6) is -0.709. The minimum absolute atomic E-state index is 0.111. The molecular weight excluding hydrogens is 231 g/mol. The van der Waals surface area contributed by atoms with E-state index in [0.717, 1.165) is 0 Å². The average molecular weight is 240 g/mol. The third-order valence-corrected chi connectivity index (χ3v) is 1.66. The molecule has 0 saturated carbocycles. The Balaban J connectivity index is 4.19. The van der Waals surface area contributed by atoms with Crippen LogP contribution in [-0.2, 0) is 4.79 Å². The van der Waals surface area contributed by atoms with E-state index in [9.17, 15) is 4.79 Å². The van der Waals surface area contributed by atoms with Gasteiger partial charge in [0.25, 0.3) is 0 Å². The van der Waals surface area contributed by atoms with E-state index >= 15 is 0 Å². The highest BCUT2D eigenvalue weighted by atomic mass is 127. The highest BCUT2D eigenvalue weighted by Gasteiger charge is 2.09. The topological polar surface area (TPSA) is 37.3 Å².